The van der Waals surface area contributed by atoms with E-state index in [1.165, 1.54) is 55.6 Å². The molecule has 0 aromatic heterocycles. The standard InChI is InChI=1S/C44H36O2/c1-3-15-31(16-4-1)27-45-29-43-37-23-11-7-19-33(37)42(34-20-8-12-24-38(34)43)44(30-46-28-32-17-5-2-6-18-32)39-25-13-9-21-35(39)41(43)36-22-10-14-26-40(36)44/h1-26,41-42H,27-30H2. The van der Waals surface area contributed by atoms with Crippen molar-refractivity contribution >= 4 is 0 Å². The van der Waals surface area contributed by atoms with Crippen LogP contribution in [-0.2, 0) is 33.5 Å². The molecule has 0 heterocycles. The summed E-state index contributed by atoms with van der Waals surface area (Å²) in [5.41, 5.74) is 12.7. The van der Waals surface area contributed by atoms with Crippen molar-refractivity contribution in [3.05, 3.63) is 213 Å². The van der Waals surface area contributed by atoms with E-state index < -0.39 is 10.8 Å². The summed E-state index contributed by atoms with van der Waals surface area (Å²) in [6.45, 7) is 2.30. The fourth-order valence-corrected chi connectivity index (χ4v) is 9.21. The normalized spacial score (nSPS) is 23.0. The number of ether oxygens (including phenoxy) is 2. The molecule has 6 aromatic carbocycles. The zero-order valence-electron chi connectivity index (χ0n) is 25.8. The average Bonchev–Trinajstić information content (AvgIpc) is 3.11. The van der Waals surface area contributed by atoms with Crippen molar-refractivity contribution in [1.29, 1.82) is 0 Å². The lowest BCUT2D eigenvalue weighted by atomic mass is 9.43. The number of benzene rings is 6. The van der Waals surface area contributed by atoms with E-state index >= 15 is 0 Å². The summed E-state index contributed by atoms with van der Waals surface area (Å²) < 4.78 is 13.8. The van der Waals surface area contributed by atoms with Crippen LogP contribution in [0.2, 0.25) is 0 Å². The molecule has 0 saturated heterocycles. The monoisotopic (exact) mass is 596 g/mol. The van der Waals surface area contributed by atoms with Gasteiger partial charge in [-0.15, -0.1) is 0 Å². The summed E-state index contributed by atoms with van der Waals surface area (Å²) in [6.07, 6.45) is 0. The van der Waals surface area contributed by atoms with Crippen molar-refractivity contribution in [3.8, 4) is 0 Å². The molecule has 0 amide bonds. The Morgan fingerprint density at radius 1 is 0.348 bits per heavy atom. The predicted octanol–water partition coefficient (Wildman–Crippen LogP) is 9.30. The molecule has 0 aliphatic heterocycles. The van der Waals surface area contributed by atoms with Crippen molar-refractivity contribution in [2.75, 3.05) is 13.2 Å². The molecule has 2 nitrogen and oxygen atoms in total. The summed E-state index contributed by atoms with van der Waals surface area (Å²) in [5.74, 6) is 0.142. The molecule has 6 aliphatic carbocycles. The Morgan fingerprint density at radius 3 is 0.957 bits per heavy atom. The molecule has 0 N–H and O–H groups in total. The fourth-order valence-electron chi connectivity index (χ4n) is 9.21. The SMILES string of the molecule is c1ccc(COCC23c4ccccc4C(c4ccccc42)C2(COCc4ccccc4)c4ccccc4C3c3ccccc32)cc1. The average molecular weight is 597 g/mol. The molecule has 0 radical (unpaired) electrons. The second kappa shape index (κ2) is 10.9. The highest BCUT2D eigenvalue weighted by Crippen LogP contribution is 2.68. The van der Waals surface area contributed by atoms with Gasteiger partial charge in [-0.05, 0) is 55.6 Å². The summed E-state index contributed by atoms with van der Waals surface area (Å²) in [6, 6.07) is 58.0. The first kappa shape index (κ1) is 27.5. The first-order chi connectivity index (χ1) is 22.8. The molecule has 0 atom stereocenters. The van der Waals surface area contributed by atoms with E-state index in [4.69, 9.17) is 9.47 Å². The van der Waals surface area contributed by atoms with Crippen molar-refractivity contribution in [3.63, 3.8) is 0 Å². The van der Waals surface area contributed by atoms with Crippen LogP contribution >= 0.6 is 0 Å². The zero-order valence-corrected chi connectivity index (χ0v) is 25.8. The summed E-state index contributed by atoms with van der Waals surface area (Å²) >= 11 is 0. The van der Waals surface area contributed by atoms with Gasteiger partial charge < -0.3 is 9.47 Å². The van der Waals surface area contributed by atoms with Crippen LogP contribution in [0, 0.1) is 0 Å². The van der Waals surface area contributed by atoms with Crippen molar-refractivity contribution in [2.45, 2.75) is 35.9 Å². The van der Waals surface area contributed by atoms with Gasteiger partial charge >= 0.3 is 0 Å². The Labute approximate surface area is 271 Å². The zero-order chi connectivity index (χ0) is 30.6. The third kappa shape index (κ3) is 3.90. The van der Waals surface area contributed by atoms with Crippen LogP contribution in [0.4, 0.5) is 0 Å². The van der Waals surface area contributed by atoms with Gasteiger partial charge in [0.1, 0.15) is 0 Å². The maximum absolute atomic E-state index is 6.88. The number of rotatable bonds is 8. The van der Waals surface area contributed by atoms with E-state index in [0.29, 0.717) is 26.4 Å². The maximum Gasteiger partial charge on any atom is 0.0717 e. The largest absolute Gasteiger partial charge is 0.375 e. The molecule has 46 heavy (non-hydrogen) atoms. The fraction of sp³-hybridized carbons (Fsp3) is 0.182. The minimum Gasteiger partial charge on any atom is -0.375 e. The molecule has 0 saturated carbocycles. The molecule has 2 heteroatoms. The first-order valence-electron chi connectivity index (χ1n) is 16.4. The molecule has 0 unspecified atom stereocenters. The Bertz CT molecular complexity index is 1790. The number of hydrogen-bond donors (Lipinski definition) is 0. The third-order valence-electron chi connectivity index (χ3n) is 10.9. The molecule has 12 rings (SSSR count). The minimum absolute atomic E-state index is 0.0708. The lowest BCUT2D eigenvalue weighted by Crippen LogP contribution is -2.56. The van der Waals surface area contributed by atoms with Gasteiger partial charge in [0.25, 0.3) is 0 Å². The molecule has 6 aliphatic rings. The van der Waals surface area contributed by atoms with Crippen molar-refractivity contribution in [2.24, 2.45) is 0 Å². The lowest BCUT2D eigenvalue weighted by Gasteiger charge is -2.60. The smallest absolute Gasteiger partial charge is 0.0717 e. The van der Waals surface area contributed by atoms with Crippen LogP contribution in [-0.4, -0.2) is 13.2 Å². The molecular formula is C44H36O2. The van der Waals surface area contributed by atoms with Gasteiger partial charge in [-0.1, -0.05) is 158 Å². The molecular weight excluding hydrogens is 560 g/mol. The van der Waals surface area contributed by atoms with Crippen LogP contribution in [0.25, 0.3) is 0 Å². The van der Waals surface area contributed by atoms with Gasteiger partial charge in [0.05, 0.1) is 37.3 Å². The van der Waals surface area contributed by atoms with Gasteiger partial charge in [-0.2, -0.15) is 0 Å². The Balaban J connectivity index is 1.31. The predicted molar refractivity (Wildman–Crippen MR) is 183 cm³/mol. The molecule has 0 fully saturated rings. The Hall–Kier alpha value is -4.76. The highest BCUT2D eigenvalue weighted by Gasteiger charge is 2.62. The van der Waals surface area contributed by atoms with E-state index in [0.717, 1.165) is 0 Å². The third-order valence-corrected chi connectivity index (χ3v) is 10.9. The second-order valence-corrected chi connectivity index (χ2v) is 13.1. The molecule has 224 valence electrons. The van der Waals surface area contributed by atoms with Gasteiger partial charge in [-0.3, -0.25) is 0 Å². The highest BCUT2D eigenvalue weighted by atomic mass is 16.5. The van der Waals surface area contributed by atoms with E-state index in [9.17, 15) is 0 Å². The van der Waals surface area contributed by atoms with E-state index in [-0.39, 0.29) is 11.8 Å². The van der Waals surface area contributed by atoms with Crippen molar-refractivity contribution < 1.29 is 9.47 Å². The Kier molecular flexibility index (Phi) is 6.55. The van der Waals surface area contributed by atoms with Gasteiger partial charge in [-0.25, -0.2) is 0 Å². The maximum atomic E-state index is 6.88. The first-order valence-corrected chi connectivity index (χ1v) is 16.4. The second-order valence-electron chi connectivity index (χ2n) is 13.1. The molecule has 6 aromatic rings. The summed E-state index contributed by atoms with van der Waals surface area (Å²) in [4.78, 5) is 0. The molecule has 0 spiro atoms. The Morgan fingerprint density at radius 2 is 0.630 bits per heavy atom. The quantitative estimate of drug-likeness (QED) is 0.174. The van der Waals surface area contributed by atoms with E-state index in [1.807, 2.05) is 0 Å². The topological polar surface area (TPSA) is 18.5 Å². The van der Waals surface area contributed by atoms with Crippen LogP contribution < -0.4 is 0 Å². The van der Waals surface area contributed by atoms with E-state index in [1.54, 1.807) is 0 Å². The molecule has 4 bridgehead atoms. The lowest BCUT2D eigenvalue weighted by molar-refractivity contribution is 0.0573. The minimum atomic E-state index is -0.415. The van der Waals surface area contributed by atoms with Gasteiger partial charge in [0.15, 0.2) is 0 Å². The van der Waals surface area contributed by atoms with Gasteiger partial charge in [0.2, 0.25) is 0 Å². The van der Waals surface area contributed by atoms with Crippen LogP contribution in [0.15, 0.2) is 158 Å². The highest BCUT2D eigenvalue weighted by molar-refractivity contribution is 5.73. The number of hydrogen-bond acceptors (Lipinski definition) is 2. The van der Waals surface area contributed by atoms with Crippen LogP contribution in [0.1, 0.15) is 67.5 Å². The van der Waals surface area contributed by atoms with Crippen molar-refractivity contribution in [1.82, 2.24) is 0 Å². The van der Waals surface area contributed by atoms with Gasteiger partial charge in [0, 0.05) is 11.8 Å². The van der Waals surface area contributed by atoms with E-state index in [2.05, 4.69) is 158 Å². The summed E-state index contributed by atoms with van der Waals surface area (Å²) in [5, 5.41) is 0. The summed E-state index contributed by atoms with van der Waals surface area (Å²) in [7, 11) is 0. The van der Waals surface area contributed by atoms with Crippen LogP contribution in [0.3, 0.4) is 0 Å². The van der Waals surface area contributed by atoms with Crippen LogP contribution in [0.5, 0.6) is 0 Å².